The van der Waals surface area contributed by atoms with E-state index in [1.165, 1.54) is 6.20 Å². The summed E-state index contributed by atoms with van der Waals surface area (Å²) in [6.07, 6.45) is 4.70. The van der Waals surface area contributed by atoms with Gasteiger partial charge in [0.25, 0.3) is 0 Å². The van der Waals surface area contributed by atoms with E-state index < -0.39 is 4.92 Å². The van der Waals surface area contributed by atoms with E-state index in [1.807, 2.05) is 0 Å². The summed E-state index contributed by atoms with van der Waals surface area (Å²) in [5, 5.41) is 13.8. The summed E-state index contributed by atoms with van der Waals surface area (Å²) in [6.45, 7) is 3.22. The molecule has 0 aliphatic carbocycles. The number of hydrogen-bond donors (Lipinski definition) is 1. The van der Waals surface area contributed by atoms with Crippen LogP contribution >= 0.6 is 0 Å². The summed E-state index contributed by atoms with van der Waals surface area (Å²) in [4.78, 5) is 28.3. The van der Waals surface area contributed by atoms with E-state index in [1.54, 1.807) is 17.9 Å². The average Bonchev–Trinajstić information content (AvgIpc) is 2.45. The molecule has 1 aliphatic rings. The lowest BCUT2D eigenvalue weighted by Crippen LogP contribution is -2.39. The molecule has 1 N–H and O–H groups in total. The SMILES string of the molecule is Cc1ccnc(NCC(=O)N2CCCCC2)c1[N+](=O)[O-]. The molecular weight excluding hydrogens is 260 g/mol. The maximum atomic E-state index is 12.0. The van der Waals surface area contributed by atoms with Gasteiger partial charge in [0.15, 0.2) is 0 Å². The molecular formula is C13H18N4O3. The van der Waals surface area contributed by atoms with E-state index in [4.69, 9.17) is 0 Å². The Morgan fingerprint density at radius 2 is 2.15 bits per heavy atom. The molecule has 1 saturated heterocycles. The Bertz CT molecular complexity index is 512. The fourth-order valence-electron chi connectivity index (χ4n) is 2.32. The van der Waals surface area contributed by atoms with Gasteiger partial charge in [-0.05, 0) is 32.3 Å². The van der Waals surface area contributed by atoms with Gasteiger partial charge < -0.3 is 10.2 Å². The van der Waals surface area contributed by atoms with Crippen LogP contribution in [-0.2, 0) is 4.79 Å². The zero-order valence-corrected chi connectivity index (χ0v) is 11.5. The molecule has 0 aromatic carbocycles. The van der Waals surface area contributed by atoms with E-state index in [0.717, 1.165) is 32.4 Å². The van der Waals surface area contributed by atoms with Crippen LogP contribution in [0.15, 0.2) is 12.3 Å². The molecule has 1 aromatic heterocycles. The molecule has 1 aliphatic heterocycles. The number of piperidine rings is 1. The highest BCUT2D eigenvalue weighted by atomic mass is 16.6. The second-order valence-electron chi connectivity index (χ2n) is 4.88. The van der Waals surface area contributed by atoms with Crippen LogP contribution in [0.1, 0.15) is 24.8 Å². The number of rotatable bonds is 4. The monoisotopic (exact) mass is 278 g/mol. The number of carbonyl (C=O) groups excluding carboxylic acids is 1. The first-order valence-electron chi connectivity index (χ1n) is 6.71. The first-order chi connectivity index (χ1) is 9.59. The van der Waals surface area contributed by atoms with Crippen LogP contribution in [-0.4, -0.2) is 40.3 Å². The number of aromatic nitrogens is 1. The third kappa shape index (κ3) is 3.23. The van der Waals surface area contributed by atoms with E-state index in [9.17, 15) is 14.9 Å². The normalized spacial score (nSPS) is 14.9. The zero-order chi connectivity index (χ0) is 14.5. The van der Waals surface area contributed by atoms with Crippen molar-refractivity contribution in [2.24, 2.45) is 0 Å². The standard InChI is InChI=1S/C13H18N4O3/c1-10-5-6-14-13(12(10)17(19)20)15-9-11(18)16-7-3-2-4-8-16/h5-6H,2-4,7-9H2,1H3,(H,14,15). The summed E-state index contributed by atoms with van der Waals surface area (Å²) in [5.74, 6) is 0.114. The molecule has 7 nitrogen and oxygen atoms in total. The van der Waals surface area contributed by atoms with Crippen molar-refractivity contribution >= 4 is 17.4 Å². The quantitative estimate of drug-likeness (QED) is 0.669. The fraction of sp³-hybridized carbons (Fsp3) is 0.538. The Kier molecular flexibility index (Phi) is 4.49. The lowest BCUT2D eigenvalue weighted by atomic mass is 10.1. The minimum absolute atomic E-state index is 0.0390. The molecule has 0 unspecified atom stereocenters. The smallest absolute Gasteiger partial charge is 0.314 e. The number of nitrogens with zero attached hydrogens (tertiary/aromatic N) is 3. The second kappa shape index (κ2) is 6.31. The van der Waals surface area contributed by atoms with Crippen LogP contribution in [0.5, 0.6) is 0 Å². The van der Waals surface area contributed by atoms with Crippen LogP contribution in [0.25, 0.3) is 0 Å². The van der Waals surface area contributed by atoms with Gasteiger partial charge in [0.2, 0.25) is 11.7 Å². The van der Waals surface area contributed by atoms with Crippen molar-refractivity contribution in [3.8, 4) is 0 Å². The Morgan fingerprint density at radius 3 is 2.80 bits per heavy atom. The maximum Gasteiger partial charge on any atom is 0.314 e. The van der Waals surface area contributed by atoms with Crippen molar-refractivity contribution in [3.05, 3.63) is 27.9 Å². The van der Waals surface area contributed by atoms with Gasteiger partial charge >= 0.3 is 5.69 Å². The van der Waals surface area contributed by atoms with Crippen molar-refractivity contribution in [3.63, 3.8) is 0 Å². The molecule has 0 spiro atoms. The van der Waals surface area contributed by atoms with Gasteiger partial charge in [0.1, 0.15) is 0 Å². The molecule has 7 heteroatoms. The largest absolute Gasteiger partial charge is 0.355 e. The summed E-state index contributed by atoms with van der Waals surface area (Å²) < 4.78 is 0. The maximum absolute atomic E-state index is 12.0. The number of amides is 1. The molecule has 2 heterocycles. The van der Waals surface area contributed by atoms with Crippen molar-refractivity contribution in [2.75, 3.05) is 25.0 Å². The Morgan fingerprint density at radius 1 is 1.45 bits per heavy atom. The highest BCUT2D eigenvalue weighted by Gasteiger charge is 2.21. The van der Waals surface area contributed by atoms with Crippen LogP contribution in [0.4, 0.5) is 11.5 Å². The molecule has 0 bridgehead atoms. The van der Waals surface area contributed by atoms with Crippen LogP contribution in [0.2, 0.25) is 0 Å². The van der Waals surface area contributed by atoms with E-state index in [2.05, 4.69) is 10.3 Å². The van der Waals surface area contributed by atoms with Crippen molar-refractivity contribution in [1.82, 2.24) is 9.88 Å². The number of aryl methyl sites for hydroxylation is 1. The van der Waals surface area contributed by atoms with Gasteiger partial charge in [-0.1, -0.05) is 0 Å². The minimum Gasteiger partial charge on any atom is -0.355 e. The molecule has 2 rings (SSSR count). The first kappa shape index (κ1) is 14.2. The third-order valence-corrected chi connectivity index (χ3v) is 3.42. The highest BCUT2D eigenvalue weighted by molar-refractivity contribution is 5.81. The summed E-state index contributed by atoms with van der Waals surface area (Å²) in [6, 6.07) is 1.58. The Balaban J connectivity index is 2.02. The molecule has 1 aromatic rings. The minimum atomic E-state index is -0.476. The molecule has 0 atom stereocenters. The van der Waals surface area contributed by atoms with E-state index in [-0.39, 0.29) is 24.0 Å². The lowest BCUT2D eigenvalue weighted by Gasteiger charge is -2.26. The van der Waals surface area contributed by atoms with Gasteiger partial charge in [-0.2, -0.15) is 0 Å². The molecule has 20 heavy (non-hydrogen) atoms. The van der Waals surface area contributed by atoms with Crippen molar-refractivity contribution in [2.45, 2.75) is 26.2 Å². The zero-order valence-electron chi connectivity index (χ0n) is 11.5. The average molecular weight is 278 g/mol. The summed E-state index contributed by atoms with van der Waals surface area (Å²) in [5.41, 5.74) is 0.455. The predicted molar refractivity (Wildman–Crippen MR) is 74.5 cm³/mol. The van der Waals surface area contributed by atoms with Gasteiger partial charge in [-0.25, -0.2) is 4.98 Å². The van der Waals surface area contributed by atoms with E-state index in [0.29, 0.717) is 5.56 Å². The highest BCUT2D eigenvalue weighted by Crippen LogP contribution is 2.25. The number of nitro groups is 1. The third-order valence-electron chi connectivity index (χ3n) is 3.42. The number of likely N-dealkylation sites (tertiary alicyclic amines) is 1. The van der Waals surface area contributed by atoms with Crippen molar-refractivity contribution in [1.29, 1.82) is 0 Å². The fourth-order valence-corrected chi connectivity index (χ4v) is 2.32. The molecule has 0 radical (unpaired) electrons. The first-order valence-corrected chi connectivity index (χ1v) is 6.71. The van der Waals surface area contributed by atoms with Crippen LogP contribution < -0.4 is 5.32 Å². The van der Waals surface area contributed by atoms with E-state index >= 15 is 0 Å². The molecule has 1 amide bonds. The Hall–Kier alpha value is -2.18. The summed E-state index contributed by atoms with van der Waals surface area (Å²) in [7, 11) is 0. The lowest BCUT2D eigenvalue weighted by molar-refractivity contribution is -0.384. The van der Waals surface area contributed by atoms with Gasteiger partial charge in [-0.15, -0.1) is 0 Å². The topological polar surface area (TPSA) is 88.4 Å². The van der Waals surface area contributed by atoms with Crippen molar-refractivity contribution < 1.29 is 9.72 Å². The second-order valence-corrected chi connectivity index (χ2v) is 4.88. The van der Waals surface area contributed by atoms with Crippen LogP contribution in [0.3, 0.4) is 0 Å². The Labute approximate surface area is 117 Å². The van der Waals surface area contributed by atoms with Gasteiger partial charge in [0.05, 0.1) is 11.5 Å². The molecule has 108 valence electrons. The predicted octanol–water partition coefficient (Wildman–Crippen LogP) is 1.72. The number of anilines is 1. The number of nitrogens with one attached hydrogen (secondary N) is 1. The van der Waals surface area contributed by atoms with Gasteiger partial charge in [-0.3, -0.25) is 14.9 Å². The molecule has 1 fully saturated rings. The molecule has 0 saturated carbocycles. The number of hydrogen-bond acceptors (Lipinski definition) is 5. The number of carbonyl (C=O) groups is 1. The number of pyridine rings is 1. The summed E-state index contributed by atoms with van der Waals surface area (Å²) >= 11 is 0. The van der Waals surface area contributed by atoms with Crippen LogP contribution in [0, 0.1) is 17.0 Å². The van der Waals surface area contributed by atoms with Gasteiger partial charge in [0, 0.05) is 24.8 Å².